The topological polar surface area (TPSA) is 88.1 Å². The van der Waals surface area contributed by atoms with Crippen molar-refractivity contribution in [2.75, 3.05) is 14.2 Å². The normalized spacial score (nSPS) is 10.3. The molecule has 25 heavy (non-hydrogen) atoms. The Morgan fingerprint density at radius 2 is 1.52 bits per heavy atom. The maximum atomic E-state index is 11.9. The molecule has 2 aromatic carbocycles. The molecular formula is C18H18O7. The molecule has 0 bridgehead atoms. The van der Waals surface area contributed by atoms with Gasteiger partial charge in [0.2, 0.25) is 0 Å². The largest absolute Gasteiger partial charge is 0.496 e. The monoisotopic (exact) mass is 346 g/mol. The summed E-state index contributed by atoms with van der Waals surface area (Å²) in [6, 6.07) is 4.56. The number of rotatable bonds is 4. The van der Waals surface area contributed by atoms with Crippen molar-refractivity contribution in [3.05, 3.63) is 29.3 Å². The molecular weight excluding hydrogens is 328 g/mol. The summed E-state index contributed by atoms with van der Waals surface area (Å²) in [5.74, 6) is -0.980. The number of esters is 3. The smallest absolute Gasteiger partial charge is 0.338 e. The minimum atomic E-state index is -0.605. The Kier molecular flexibility index (Phi) is 5.26. The summed E-state index contributed by atoms with van der Waals surface area (Å²) in [6.07, 6.45) is 0. The summed E-state index contributed by atoms with van der Waals surface area (Å²) in [6.45, 7) is 4.23. The summed E-state index contributed by atoms with van der Waals surface area (Å²) < 4.78 is 20.6. The van der Waals surface area contributed by atoms with E-state index in [-0.39, 0.29) is 17.1 Å². The fraction of sp³-hybridized carbons (Fsp3) is 0.278. The third-order valence-electron chi connectivity index (χ3n) is 3.44. The van der Waals surface area contributed by atoms with Gasteiger partial charge in [-0.1, -0.05) is 0 Å². The van der Waals surface area contributed by atoms with Gasteiger partial charge in [0.25, 0.3) is 0 Å². The van der Waals surface area contributed by atoms with Crippen LogP contribution >= 0.6 is 0 Å². The minimum absolute atomic E-state index is 0.0728. The fourth-order valence-corrected chi connectivity index (χ4v) is 2.50. The highest BCUT2D eigenvalue weighted by molar-refractivity contribution is 6.05. The van der Waals surface area contributed by atoms with E-state index in [9.17, 15) is 14.4 Å². The lowest BCUT2D eigenvalue weighted by atomic mass is 10.0. The number of hydrogen-bond donors (Lipinski definition) is 0. The van der Waals surface area contributed by atoms with Gasteiger partial charge < -0.3 is 18.9 Å². The first-order chi connectivity index (χ1) is 11.8. The molecule has 0 N–H and O–H groups in total. The second-order valence-electron chi connectivity index (χ2n) is 5.30. The van der Waals surface area contributed by atoms with Gasteiger partial charge >= 0.3 is 17.9 Å². The third kappa shape index (κ3) is 3.71. The lowest BCUT2D eigenvalue weighted by Gasteiger charge is -2.17. The van der Waals surface area contributed by atoms with Crippen LogP contribution in [0.4, 0.5) is 0 Å². The fourth-order valence-electron chi connectivity index (χ4n) is 2.50. The van der Waals surface area contributed by atoms with Crippen molar-refractivity contribution < 1.29 is 33.3 Å². The van der Waals surface area contributed by atoms with Gasteiger partial charge in [-0.25, -0.2) is 4.79 Å². The molecule has 0 spiro atoms. The molecule has 7 heteroatoms. The zero-order valence-corrected chi connectivity index (χ0v) is 14.6. The van der Waals surface area contributed by atoms with E-state index < -0.39 is 17.9 Å². The molecule has 0 radical (unpaired) electrons. The van der Waals surface area contributed by atoms with Gasteiger partial charge in [0.05, 0.1) is 25.2 Å². The Morgan fingerprint density at radius 1 is 0.880 bits per heavy atom. The number of carbonyl (C=O) groups is 3. The predicted octanol–water partition coefficient (Wildman–Crippen LogP) is 2.79. The van der Waals surface area contributed by atoms with E-state index in [2.05, 4.69) is 0 Å². The lowest BCUT2D eigenvalue weighted by Crippen LogP contribution is -2.09. The van der Waals surface area contributed by atoms with Gasteiger partial charge in [-0.15, -0.1) is 0 Å². The Bertz CT molecular complexity index is 868. The molecule has 0 amide bonds. The molecule has 0 heterocycles. The quantitative estimate of drug-likeness (QED) is 0.621. The molecule has 0 aliphatic rings. The molecule has 0 fully saturated rings. The molecule has 0 aromatic heterocycles. The average Bonchev–Trinajstić information content (AvgIpc) is 2.55. The van der Waals surface area contributed by atoms with Crippen LogP contribution < -0.4 is 14.2 Å². The van der Waals surface area contributed by atoms with Gasteiger partial charge in [0.15, 0.2) is 0 Å². The number of ether oxygens (including phenoxy) is 4. The summed E-state index contributed by atoms with van der Waals surface area (Å²) in [5.41, 5.74) is 0.779. The van der Waals surface area contributed by atoms with Crippen molar-refractivity contribution in [3.8, 4) is 17.2 Å². The van der Waals surface area contributed by atoms with E-state index in [1.165, 1.54) is 40.2 Å². The van der Waals surface area contributed by atoms with E-state index >= 15 is 0 Å². The molecule has 0 aliphatic carbocycles. The molecule has 0 atom stereocenters. The first kappa shape index (κ1) is 18.3. The summed E-state index contributed by atoms with van der Waals surface area (Å²) in [5, 5.41) is 0.804. The number of aryl methyl sites for hydroxylation is 1. The molecule has 132 valence electrons. The van der Waals surface area contributed by atoms with Crippen LogP contribution in [-0.4, -0.2) is 32.1 Å². The van der Waals surface area contributed by atoms with Crippen LogP contribution in [0, 0.1) is 6.92 Å². The van der Waals surface area contributed by atoms with E-state index in [4.69, 9.17) is 18.9 Å². The first-order valence-corrected chi connectivity index (χ1v) is 7.39. The van der Waals surface area contributed by atoms with E-state index in [0.717, 1.165) is 0 Å². The molecule has 0 saturated carbocycles. The second-order valence-corrected chi connectivity index (χ2v) is 5.30. The van der Waals surface area contributed by atoms with Crippen LogP contribution in [0.5, 0.6) is 17.2 Å². The Morgan fingerprint density at radius 3 is 2.04 bits per heavy atom. The van der Waals surface area contributed by atoms with Crippen LogP contribution in [0.2, 0.25) is 0 Å². The lowest BCUT2D eigenvalue weighted by molar-refractivity contribution is -0.132. The third-order valence-corrected chi connectivity index (χ3v) is 3.44. The van der Waals surface area contributed by atoms with Gasteiger partial charge in [-0.2, -0.15) is 0 Å². The molecule has 0 saturated heterocycles. The van der Waals surface area contributed by atoms with Gasteiger partial charge in [0.1, 0.15) is 17.2 Å². The predicted molar refractivity (Wildman–Crippen MR) is 89.2 cm³/mol. The van der Waals surface area contributed by atoms with E-state index in [1.807, 2.05) is 0 Å². The summed E-state index contributed by atoms with van der Waals surface area (Å²) in [4.78, 5) is 34.9. The second kappa shape index (κ2) is 7.21. The first-order valence-electron chi connectivity index (χ1n) is 7.39. The Hall–Kier alpha value is -3.09. The maximum Gasteiger partial charge on any atom is 0.338 e. The molecule has 0 unspecified atom stereocenters. The highest BCUT2D eigenvalue weighted by atomic mass is 16.5. The van der Waals surface area contributed by atoms with Crippen molar-refractivity contribution in [2.24, 2.45) is 0 Å². The number of benzene rings is 2. The molecule has 7 nitrogen and oxygen atoms in total. The van der Waals surface area contributed by atoms with Gasteiger partial charge in [0, 0.05) is 19.2 Å². The number of carbonyl (C=O) groups excluding carboxylic acids is 3. The van der Waals surface area contributed by atoms with E-state index in [0.29, 0.717) is 22.1 Å². The maximum absolute atomic E-state index is 11.9. The standard InChI is InChI=1S/C18H18O7/c1-9-6-14(22-4)13-7-12(18(21)23-5)8-15(24-10(2)19)16(13)17(9)25-11(3)20/h6-8H,1-5H3. The van der Waals surface area contributed by atoms with Gasteiger partial charge in [-0.3, -0.25) is 9.59 Å². The van der Waals surface area contributed by atoms with Crippen LogP contribution in [0.25, 0.3) is 10.8 Å². The molecule has 2 rings (SSSR count). The summed E-state index contributed by atoms with van der Waals surface area (Å²) >= 11 is 0. The van der Waals surface area contributed by atoms with Crippen molar-refractivity contribution in [1.29, 1.82) is 0 Å². The van der Waals surface area contributed by atoms with Crippen LogP contribution in [-0.2, 0) is 14.3 Å². The van der Waals surface area contributed by atoms with Crippen LogP contribution in [0.1, 0.15) is 29.8 Å². The van der Waals surface area contributed by atoms with Crippen LogP contribution in [0.15, 0.2) is 18.2 Å². The van der Waals surface area contributed by atoms with Crippen molar-refractivity contribution in [2.45, 2.75) is 20.8 Å². The average molecular weight is 346 g/mol. The molecule has 0 aliphatic heterocycles. The molecule has 2 aromatic rings. The Labute approximate surface area is 144 Å². The van der Waals surface area contributed by atoms with Crippen LogP contribution in [0.3, 0.4) is 0 Å². The Balaban J connectivity index is 2.94. The number of fused-ring (bicyclic) bond motifs is 1. The summed E-state index contributed by atoms with van der Waals surface area (Å²) in [7, 11) is 2.71. The highest BCUT2D eigenvalue weighted by Gasteiger charge is 2.21. The van der Waals surface area contributed by atoms with Crippen molar-refractivity contribution >= 4 is 28.7 Å². The zero-order chi connectivity index (χ0) is 18.7. The minimum Gasteiger partial charge on any atom is -0.496 e. The van der Waals surface area contributed by atoms with Crippen molar-refractivity contribution in [1.82, 2.24) is 0 Å². The highest BCUT2D eigenvalue weighted by Crippen LogP contribution is 2.43. The van der Waals surface area contributed by atoms with Crippen molar-refractivity contribution in [3.63, 3.8) is 0 Å². The SMILES string of the molecule is COC(=O)c1cc(OC(C)=O)c2c(OC(C)=O)c(C)cc(OC)c2c1. The van der Waals surface area contributed by atoms with Gasteiger partial charge in [-0.05, 0) is 30.7 Å². The van der Waals surface area contributed by atoms with E-state index in [1.54, 1.807) is 13.0 Å². The number of hydrogen-bond acceptors (Lipinski definition) is 7. The number of methoxy groups -OCH3 is 2. The zero-order valence-electron chi connectivity index (χ0n) is 14.6.